The number of hydrogen-bond acceptors (Lipinski definition) is 4. The van der Waals surface area contributed by atoms with Crippen LogP contribution >= 0.6 is 22.6 Å². The molecule has 24 heavy (non-hydrogen) atoms. The van der Waals surface area contributed by atoms with Crippen molar-refractivity contribution in [1.82, 2.24) is 4.90 Å². The van der Waals surface area contributed by atoms with Crippen LogP contribution in [-0.2, 0) is 14.6 Å². The summed E-state index contributed by atoms with van der Waals surface area (Å²) in [6.45, 7) is 3.26. The fourth-order valence-corrected chi connectivity index (χ4v) is 3.80. The molecule has 132 valence electrons. The Morgan fingerprint density at radius 1 is 1.33 bits per heavy atom. The van der Waals surface area contributed by atoms with Crippen molar-refractivity contribution >= 4 is 44.0 Å². The van der Waals surface area contributed by atoms with Crippen molar-refractivity contribution in [1.29, 1.82) is 0 Å². The average molecular weight is 463 g/mol. The van der Waals surface area contributed by atoms with Gasteiger partial charge >= 0.3 is 5.97 Å². The third-order valence-corrected chi connectivity index (χ3v) is 7.42. The van der Waals surface area contributed by atoms with Crippen molar-refractivity contribution < 1.29 is 18.3 Å². The number of aliphatic carboxylic acids is 1. The highest BCUT2D eigenvalue weighted by atomic mass is 127. The van der Waals surface area contributed by atoms with E-state index < -0.39 is 20.6 Å². The number of sulfone groups is 1. The minimum atomic E-state index is -3.66. The van der Waals surface area contributed by atoms with Gasteiger partial charge in [0, 0.05) is 29.5 Å². The molecule has 1 atom stereocenters. The summed E-state index contributed by atoms with van der Waals surface area (Å²) >= 11 is 2.28. The van der Waals surface area contributed by atoms with E-state index in [0.29, 0.717) is 13.1 Å². The second kappa shape index (κ2) is 7.53. The summed E-state index contributed by atoms with van der Waals surface area (Å²) in [5, 5.41) is 9.30. The lowest BCUT2D eigenvalue weighted by atomic mass is 9.99. The smallest absolute Gasteiger partial charge is 0.324 e. The van der Waals surface area contributed by atoms with E-state index in [1.165, 1.54) is 21.6 Å². The van der Waals surface area contributed by atoms with Gasteiger partial charge in [0.2, 0.25) is 0 Å². The van der Waals surface area contributed by atoms with Gasteiger partial charge in [-0.15, -0.1) is 0 Å². The Morgan fingerprint density at radius 2 is 1.96 bits per heavy atom. The highest BCUT2D eigenvalue weighted by Gasteiger charge is 2.43. The van der Waals surface area contributed by atoms with Crippen molar-refractivity contribution in [2.24, 2.45) is 0 Å². The predicted octanol–water partition coefficient (Wildman–Crippen LogP) is 2.66. The first-order valence-corrected chi connectivity index (χ1v) is 10.7. The van der Waals surface area contributed by atoms with E-state index >= 15 is 0 Å². The fraction of sp³-hybridized carbons (Fsp3) is 0.471. The van der Waals surface area contributed by atoms with Crippen molar-refractivity contribution in [3.63, 3.8) is 0 Å². The van der Waals surface area contributed by atoms with E-state index in [2.05, 4.69) is 57.8 Å². The third-order valence-electron chi connectivity index (χ3n) is 4.68. The van der Waals surface area contributed by atoms with Crippen LogP contribution in [0.4, 0.5) is 0 Å². The number of carboxylic acids is 1. The second-order valence-corrected chi connectivity index (χ2v) is 10.0. The van der Waals surface area contributed by atoms with E-state index in [0.717, 1.165) is 19.2 Å². The van der Waals surface area contributed by atoms with E-state index in [1.54, 1.807) is 0 Å². The Bertz CT molecular complexity index is 742. The summed E-state index contributed by atoms with van der Waals surface area (Å²) in [6.07, 6.45) is 4.10. The van der Waals surface area contributed by atoms with Gasteiger partial charge in [-0.3, -0.25) is 9.69 Å². The standard InChI is InChI=1S/C17H22INO4S/c1-17(16(20)21,24(2,22)23)9-12-19-10-7-14(8-11-19)13-3-5-15(18)6-4-13/h3-7H,8-12H2,1-2H3,(H,20,21). The number of nitrogens with zero attached hydrogens (tertiary/aromatic N) is 1. The van der Waals surface area contributed by atoms with E-state index in [9.17, 15) is 18.3 Å². The van der Waals surface area contributed by atoms with Crippen molar-refractivity contribution in [2.45, 2.75) is 24.5 Å². The molecule has 1 unspecified atom stereocenters. The lowest BCUT2D eigenvalue weighted by molar-refractivity contribution is -0.139. The molecule has 0 saturated carbocycles. The summed E-state index contributed by atoms with van der Waals surface area (Å²) in [5.41, 5.74) is 2.49. The zero-order valence-corrected chi connectivity index (χ0v) is 16.8. The molecule has 0 amide bonds. The van der Waals surface area contributed by atoms with Crippen LogP contribution in [0.15, 0.2) is 30.3 Å². The van der Waals surface area contributed by atoms with Crippen LogP contribution in [0.5, 0.6) is 0 Å². The van der Waals surface area contributed by atoms with Gasteiger partial charge in [-0.2, -0.15) is 0 Å². The molecule has 0 saturated heterocycles. The van der Waals surface area contributed by atoms with Crippen molar-refractivity contribution in [3.05, 3.63) is 39.5 Å². The molecule has 1 heterocycles. The number of hydrogen-bond donors (Lipinski definition) is 1. The molecule has 5 nitrogen and oxygen atoms in total. The molecule has 1 aliphatic rings. The lowest BCUT2D eigenvalue weighted by Crippen LogP contribution is -2.46. The SMILES string of the molecule is CC(CCN1CC=C(c2ccc(I)cc2)CC1)(C(=O)O)S(C)(=O)=O. The van der Waals surface area contributed by atoms with Gasteiger partial charge in [-0.25, -0.2) is 8.42 Å². The Balaban J connectivity index is 2.00. The molecule has 1 aromatic rings. The number of rotatable bonds is 6. The Hall–Kier alpha value is -0.930. The average Bonchev–Trinajstić information content (AvgIpc) is 2.52. The maximum atomic E-state index is 11.8. The van der Waals surface area contributed by atoms with Crippen LogP contribution in [0.2, 0.25) is 0 Å². The topological polar surface area (TPSA) is 74.7 Å². The summed E-state index contributed by atoms with van der Waals surface area (Å²) in [5.74, 6) is -1.28. The van der Waals surface area contributed by atoms with Crippen molar-refractivity contribution in [2.75, 3.05) is 25.9 Å². The number of benzene rings is 1. The maximum absolute atomic E-state index is 11.8. The first-order valence-electron chi connectivity index (χ1n) is 7.74. The number of halogens is 1. The minimum Gasteiger partial charge on any atom is -0.480 e. The molecule has 0 aromatic heterocycles. The maximum Gasteiger partial charge on any atom is 0.324 e. The van der Waals surface area contributed by atoms with Crippen LogP contribution in [0.3, 0.4) is 0 Å². The van der Waals surface area contributed by atoms with Gasteiger partial charge in [-0.1, -0.05) is 18.2 Å². The molecule has 1 aliphatic heterocycles. The summed E-state index contributed by atoms with van der Waals surface area (Å²) in [7, 11) is -3.66. The molecule has 0 bridgehead atoms. The molecule has 0 fully saturated rings. The molecule has 1 N–H and O–H groups in total. The van der Waals surface area contributed by atoms with E-state index in [4.69, 9.17) is 0 Å². The molecule has 0 spiro atoms. The Labute approximate surface area is 156 Å². The van der Waals surface area contributed by atoms with Crippen molar-refractivity contribution in [3.8, 4) is 0 Å². The first-order chi connectivity index (χ1) is 11.1. The largest absolute Gasteiger partial charge is 0.480 e. The minimum absolute atomic E-state index is 0.0911. The molecular weight excluding hydrogens is 441 g/mol. The summed E-state index contributed by atoms with van der Waals surface area (Å²) in [4.78, 5) is 13.5. The van der Waals surface area contributed by atoms with Crippen LogP contribution in [0.1, 0.15) is 25.3 Å². The number of carboxylic acid groups (broad SMARTS) is 1. The summed E-state index contributed by atoms with van der Waals surface area (Å²) < 4.78 is 23.1. The Morgan fingerprint density at radius 3 is 2.42 bits per heavy atom. The monoisotopic (exact) mass is 463 g/mol. The fourth-order valence-electron chi connectivity index (χ4n) is 2.66. The van der Waals surface area contributed by atoms with E-state index in [1.807, 2.05) is 0 Å². The molecule has 7 heteroatoms. The second-order valence-electron chi connectivity index (χ2n) is 6.35. The summed E-state index contributed by atoms with van der Waals surface area (Å²) in [6, 6.07) is 8.36. The third kappa shape index (κ3) is 4.37. The molecule has 1 aromatic carbocycles. The van der Waals surface area contributed by atoms with Gasteiger partial charge in [0.1, 0.15) is 0 Å². The van der Waals surface area contributed by atoms with Gasteiger partial charge < -0.3 is 5.11 Å². The lowest BCUT2D eigenvalue weighted by Gasteiger charge is -2.30. The van der Waals surface area contributed by atoms with Crippen LogP contribution in [0, 0.1) is 3.57 Å². The quantitative estimate of drug-likeness (QED) is 0.657. The molecule has 0 radical (unpaired) electrons. The normalized spacial score (nSPS) is 18.7. The number of carbonyl (C=O) groups is 1. The molecular formula is C17H22INO4S. The van der Waals surface area contributed by atoms with Gasteiger partial charge in [-0.05, 0) is 65.6 Å². The van der Waals surface area contributed by atoms with Gasteiger partial charge in [0.15, 0.2) is 14.6 Å². The highest BCUT2D eigenvalue weighted by Crippen LogP contribution is 2.25. The zero-order valence-electron chi connectivity index (χ0n) is 13.8. The van der Waals surface area contributed by atoms with Crippen LogP contribution in [-0.4, -0.2) is 55.0 Å². The molecule has 2 rings (SSSR count). The first kappa shape index (κ1) is 19.4. The van der Waals surface area contributed by atoms with E-state index in [-0.39, 0.29) is 6.42 Å². The van der Waals surface area contributed by atoms with Crippen LogP contribution in [0.25, 0.3) is 5.57 Å². The zero-order chi connectivity index (χ0) is 18.0. The Kier molecular flexibility index (Phi) is 6.09. The molecule has 0 aliphatic carbocycles. The van der Waals surface area contributed by atoms with Crippen LogP contribution < -0.4 is 0 Å². The highest BCUT2D eigenvalue weighted by molar-refractivity contribution is 14.1. The van der Waals surface area contributed by atoms with Gasteiger partial charge in [0.05, 0.1) is 0 Å². The van der Waals surface area contributed by atoms with Gasteiger partial charge in [0.25, 0.3) is 0 Å². The predicted molar refractivity (Wildman–Crippen MR) is 104 cm³/mol.